The molecule has 0 saturated heterocycles. The minimum absolute atomic E-state index is 0.00170. The van der Waals surface area contributed by atoms with E-state index in [2.05, 4.69) is 10.3 Å². The molecule has 1 saturated carbocycles. The molecule has 9 heteroatoms. The lowest BCUT2D eigenvalue weighted by Crippen LogP contribution is -2.33. The third-order valence-corrected chi connectivity index (χ3v) is 9.21. The van der Waals surface area contributed by atoms with E-state index in [1.165, 1.54) is 32.1 Å². The molecule has 1 unspecified atom stereocenters. The van der Waals surface area contributed by atoms with Gasteiger partial charge in [0.1, 0.15) is 12.2 Å². The van der Waals surface area contributed by atoms with Gasteiger partial charge < -0.3 is 41.0 Å². The summed E-state index contributed by atoms with van der Waals surface area (Å²) in [6, 6.07) is 5.85. The molecule has 0 amide bonds. The maximum absolute atomic E-state index is 10.9. The van der Waals surface area contributed by atoms with Gasteiger partial charge in [0.05, 0.1) is 18.1 Å². The van der Waals surface area contributed by atoms with Gasteiger partial charge in [-0.2, -0.15) is 11.6 Å². The fraction of sp³-hybridized carbons (Fsp3) is 0.639. The number of ether oxygens (including phenoxy) is 2. The molecule has 0 bridgehead atoms. The second-order valence-corrected chi connectivity index (χ2v) is 12.9. The van der Waals surface area contributed by atoms with Crippen LogP contribution in [0.4, 0.5) is 0 Å². The number of phenols is 1. The quantitative estimate of drug-likeness (QED) is 0.0862. The second kappa shape index (κ2) is 18.6. The van der Waals surface area contributed by atoms with Crippen LogP contribution in [0.1, 0.15) is 83.1 Å². The highest BCUT2D eigenvalue weighted by Gasteiger charge is 2.37. The number of unbranched alkanes of at least 4 members (excludes halogenated alkanes) is 4. The van der Waals surface area contributed by atoms with Crippen molar-refractivity contribution in [3.63, 3.8) is 0 Å². The average Bonchev–Trinajstić information content (AvgIpc) is 3.81. The minimum atomic E-state index is -0.932. The van der Waals surface area contributed by atoms with Crippen LogP contribution in [-0.2, 0) is 11.2 Å². The Morgan fingerprint density at radius 2 is 1.91 bits per heavy atom. The molecule has 1 fully saturated rings. The predicted octanol–water partition coefficient (Wildman–Crippen LogP) is 4.53. The number of rotatable bonds is 21. The summed E-state index contributed by atoms with van der Waals surface area (Å²) < 4.78 is 12.1. The molecule has 2 heterocycles. The third kappa shape index (κ3) is 11.0. The number of nitrogens with zero attached hydrogens (tertiary/aromatic N) is 1. The largest absolute Gasteiger partial charge is 0.504 e. The summed E-state index contributed by atoms with van der Waals surface area (Å²) >= 11 is 0. The number of nitrogens with two attached hydrogens (primary N) is 1. The maximum Gasteiger partial charge on any atom is 0.181 e. The van der Waals surface area contributed by atoms with Crippen molar-refractivity contribution >= 4 is 6.21 Å². The molecule has 0 aromatic heterocycles. The number of aromatic hydroxyl groups is 1. The van der Waals surface area contributed by atoms with Gasteiger partial charge in [0.25, 0.3) is 0 Å². The Morgan fingerprint density at radius 3 is 2.67 bits per heavy atom. The summed E-state index contributed by atoms with van der Waals surface area (Å²) in [6.07, 6.45) is 18.0. The molecule has 4 rings (SSSR count). The average molecular weight is 626 g/mol. The lowest BCUT2D eigenvalue weighted by atomic mass is 9.84. The van der Waals surface area contributed by atoms with Crippen LogP contribution in [0.2, 0.25) is 0 Å². The molecule has 45 heavy (non-hydrogen) atoms. The SMILES string of the molecule is C[C@H](O)CNC[C@@H](C1=C[C+]([C@@H](O)COc2cc(CC[C-]3C=C(CO)C(CCCCCCCN)O3)ccc2O)N=C1)C1CCCC1. The number of benzene rings is 1. The molecular formula is C36H55N3O6. The van der Waals surface area contributed by atoms with E-state index in [1.54, 1.807) is 19.1 Å². The van der Waals surface area contributed by atoms with Gasteiger partial charge in [0, 0.05) is 25.8 Å². The van der Waals surface area contributed by atoms with E-state index < -0.39 is 12.2 Å². The molecule has 2 aliphatic heterocycles. The van der Waals surface area contributed by atoms with Crippen LogP contribution in [0, 0.1) is 24.0 Å². The lowest BCUT2D eigenvalue weighted by molar-refractivity contribution is 0.102. The van der Waals surface area contributed by atoms with Crippen molar-refractivity contribution in [1.29, 1.82) is 0 Å². The van der Waals surface area contributed by atoms with Gasteiger partial charge in [0.15, 0.2) is 29.9 Å². The van der Waals surface area contributed by atoms with Crippen LogP contribution in [0.25, 0.3) is 0 Å². The molecule has 7 N–H and O–H groups in total. The molecule has 9 nitrogen and oxygen atoms in total. The predicted molar refractivity (Wildman–Crippen MR) is 178 cm³/mol. The van der Waals surface area contributed by atoms with Gasteiger partial charge >= 0.3 is 0 Å². The van der Waals surface area contributed by atoms with E-state index in [0.29, 0.717) is 37.1 Å². The first-order chi connectivity index (χ1) is 21.9. The Morgan fingerprint density at radius 1 is 1.13 bits per heavy atom. The zero-order chi connectivity index (χ0) is 32.0. The first-order valence-corrected chi connectivity index (χ1v) is 17.1. The number of nitrogens with one attached hydrogen (secondary N) is 1. The number of aliphatic imine (C=N–C) groups is 1. The minimum Gasteiger partial charge on any atom is -0.504 e. The first-order valence-electron chi connectivity index (χ1n) is 17.1. The molecule has 0 spiro atoms. The van der Waals surface area contributed by atoms with Crippen LogP contribution >= 0.6 is 0 Å². The van der Waals surface area contributed by atoms with Gasteiger partial charge in [0.2, 0.25) is 0 Å². The molecule has 3 aliphatic rings. The van der Waals surface area contributed by atoms with Crippen molar-refractivity contribution in [3.8, 4) is 11.5 Å². The van der Waals surface area contributed by atoms with Crippen molar-refractivity contribution in [1.82, 2.24) is 5.32 Å². The summed E-state index contributed by atoms with van der Waals surface area (Å²) in [5.74, 6) is 1.19. The third-order valence-electron chi connectivity index (χ3n) is 9.21. The molecule has 1 aliphatic carbocycles. The zero-order valence-corrected chi connectivity index (χ0v) is 27.0. The Labute approximate surface area is 269 Å². The smallest absolute Gasteiger partial charge is 0.181 e. The van der Waals surface area contributed by atoms with Crippen LogP contribution in [0.5, 0.6) is 11.5 Å². The summed E-state index contributed by atoms with van der Waals surface area (Å²) in [5.41, 5.74) is 8.60. The highest BCUT2D eigenvalue weighted by atomic mass is 16.5. The normalized spacial score (nSPS) is 20.5. The molecule has 1 aromatic rings. The number of phenolic OH excluding ortho intramolecular Hbond substituents is 1. The number of aliphatic hydroxyl groups is 3. The molecule has 250 valence electrons. The van der Waals surface area contributed by atoms with Gasteiger partial charge in [-0.3, -0.25) is 0 Å². The fourth-order valence-corrected chi connectivity index (χ4v) is 6.61. The Bertz CT molecular complexity index is 1120. The van der Waals surface area contributed by atoms with Crippen LogP contribution < -0.4 is 15.8 Å². The van der Waals surface area contributed by atoms with Crippen molar-refractivity contribution in [2.45, 2.75) is 102 Å². The Balaban J connectivity index is 1.25. The van der Waals surface area contributed by atoms with Crippen LogP contribution in [-0.4, -0.2) is 77.8 Å². The zero-order valence-electron chi connectivity index (χ0n) is 27.0. The summed E-state index contributed by atoms with van der Waals surface area (Å²) in [5, 5.41) is 44.3. The standard InChI is InChI=1S/C36H55N3O6/c1-25(41)20-38-22-31(27-9-6-7-10-27)28-19-32(39-21-28)34(43)24-44-36-17-26(13-15-33(36)42)12-14-30-18-29(23-40)35(45-30)11-5-3-2-4-8-16-37/h13,15,17-19,21,25,27,31,34-35,38,40-43H,2-12,14,16,20,22-24,37H2,1H3/t25-,31+,34-,35?/m0/s1. The highest BCUT2D eigenvalue weighted by molar-refractivity contribution is 5.84. The first kappa shape index (κ1) is 35.3. The molecule has 1 aromatic carbocycles. The van der Waals surface area contributed by atoms with E-state index in [9.17, 15) is 20.4 Å². The Kier molecular flexibility index (Phi) is 14.6. The van der Waals surface area contributed by atoms with Crippen molar-refractivity contribution in [2.24, 2.45) is 22.6 Å². The van der Waals surface area contributed by atoms with E-state index >= 15 is 0 Å². The number of hydrogen-bond donors (Lipinski definition) is 6. The van der Waals surface area contributed by atoms with Crippen molar-refractivity contribution in [3.05, 3.63) is 59.2 Å². The van der Waals surface area contributed by atoms with Crippen LogP contribution in [0.15, 0.2) is 46.5 Å². The summed E-state index contributed by atoms with van der Waals surface area (Å²) in [6.45, 7) is 3.82. The van der Waals surface area contributed by atoms with Crippen molar-refractivity contribution < 1.29 is 29.9 Å². The highest BCUT2D eigenvalue weighted by Crippen LogP contribution is 2.37. The van der Waals surface area contributed by atoms with E-state index in [0.717, 1.165) is 68.0 Å². The molecule has 4 atom stereocenters. The summed E-state index contributed by atoms with van der Waals surface area (Å²) in [7, 11) is 0. The van der Waals surface area contributed by atoms with Gasteiger partial charge in [-0.25, -0.2) is 0 Å². The molecular weight excluding hydrogens is 570 g/mol. The lowest BCUT2D eigenvalue weighted by Gasteiger charge is -2.24. The van der Waals surface area contributed by atoms with Gasteiger partial charge in [-0.05, 0) is 69.2 Å². The topological polar surface area (TPSA) is 150 Å². The van der Waals surface area contributed by atoms with Crippen LogP contribution in [0.3, 0.4) is 0 Å². The number of aliphatic hydroxyl groups excluding tert-OH is 3. The van der Waals surface area contributed by atoms with Gasteiger partial charge in [-0.1, -0.05) is 57.1 Å². The number of aryl methyl sites for hydroxylation is 1. The second-order valence-electron chi connectivity index (χ2n) is 12.9. The van der Waals surface area contributed by atoms with Gasteiger partial charge in [-0.15, -0.1) is 4.99 Å². The number of hydrogen-bond acceptors (Lipinski definition) is 9. The van der Waals surface area contributed by atoms with E-state index in [-0.39, 0.29) is 31.0 Å². The fourth-order valence-electron chi connectivity index (χ4n) is 6.61. The molecule has 0 radical (unpaired) electrons. The van der Waals surface area contributed by atoms with E-state index in [4.69, 9.17) is 15.2 Å². The monoisotopic (exact) mass is 625 g/mol. The Hall–Kier alpha value is -2.53. The maximum atomic E-state index is 10.9. The van der Waals surface area contributed by atoms with E-state index in [1.807, 2.05) is 24.4 Å². The van der Waals surface area contributed by atoms with Crippen molar-refractivity contribution in [2.75, 3.05) is 32.8 Å². The summed E-state index contributed by atoms with van der Waals surface area (Å²) in [4.78, 5) is 4.52.